The third-order valence-corrected chi connectivity index (χ3v) is 2.43. The highest BCUT2D eigenvalue weighted by atomic mass is 32.1. The summed E-state index contributed by atoms with van der Waals surface area (Å²) in [6.07, 6.45) is 9.20. The monoisotopic (exact) mass is 179 g/mol. The van der Waals surface area contributed by atoms with Crippen LogP contribution >= 0.6 is 11.3 Å². The Morgan fingerprint density at radius 3 is 3.00 bits per heavy atom. The standard InChI is InChI=1S/C11H15S/c1-2-3-4-5-6-7-11-8-9-12-10-11/h6-10H,1-5H2. The summed E-state index contributed by atoms with van der Waals surface area (Å²) in [4.78, 5) is 0. The lowest BCUT2D eigenvalue weighted by Gasteiger charge is -1.90. The predicted octanol–water partition coefficient (Wildman–Crippen LogP) is 4.16. The first kappa shape index (κ1) is 9.53. The maximum Gasteiger partial charge on any atom is -0.00209 e. The lowest BCUT2D eigenvalue weighted by atomic mass is 10.2. The van der Waals surface area contributed by atoms with Crippen molar-refractivity contribution in [1.82, 2.24) is 0 Å². The molecule has 0 aromatic carbocycles. The summed E-state index contributed by atoms with van der Waals surface area (Å²) in [6, 6.07) is 2.14. The molecule has 1 radical (unpaired) electrons. The van der Waals surface area contributed by atoms with Gasteiger partial charge in [-0.3, -0.25) is 0 Å². The Hall–Kier alpha value is -0.560. The Labute approximate surface area is 78.9 Å². The van der Waals surface area contributed by atoms with Crippen molar-refractivity contribution in [2.75, 3.05) is 0 Å². The second-order valence-electron chi connectivity index (χ2n) is 2.81. The van der Waals surface area contributed by atoms with Crippen LogP contribution in [0.3, 0.4) is 0 Å². The molecule has 1 heteroatoms. The van der Waals surface area contributed by atoms with Gasteiger partial charge in [0, 0.05) is 0 Å². The molecule has 1 heterocycles. The van der Waals surface area contributed by atoms with Crippen molar-refractivity contribution in [2.24, 2.45) is 0 Å². The van der Waals surface area contributed by atoms with Crippen LogP contribution in [0.1, 0.15) is 31.2 Å². The zero-order valence-electron chi connectivity index (χ0n) is 7.33. The fourth-order valence-electron chi connectivity index (χ4n) is 1.03. The highest BCUT2D eigenvalue weighted by Crippen LogP contribution is 2.09. The van der Waals surface area contributed by atoms with E-state index in [2.05, 4.69) is 35.9 Å². The molecular weight excluding hydrogens is 164 g/mol. The van der Waals surface area contributed by atoms with Crippen molar-refractivity contribution in [3.8, 4) is 0 Å². The molecular formula is C11H15S. The van der Waals surface area contributed by atoms with E-state index in [1.807, 2.05) is 0 Å². The Bertz CT molecular complexity index is 209. The first-order valence-electron chi connectivity index (χ1n) is 4.41. The maximum atomic E-state index is 3.81. The molecule has 0 fully saturated rings. The molecule has 65 valence electrons. The molecule has 1 rings (SSSR count). The summed E-state index contributed by atoms with van der Waals surface area (Å²) < 4.78 is 0. The number of rotatable bonds is 5. The van der Waals surface area contributed by atoms with E-state index >= 15 is 0 Å². The quantitative estimate of drug-likeness (QED) is 0.595. The van der Waals surface area contributed by atoms with E-state index in [-0.39, 0.29) is 0 Å². The van der Waals surface area contributed by atoms with Gasteiger partial charge in [0.25, 0.3) is 0 Å². The molecule has 0 spiro atoms. The van der Waals surface area contributed by atoms with Crippen LogP contribution in [0.15, 0.2) is 22.9 Å². The Balaban J connectivity index is 2.14. The lowest BCUT2D eigenvalue weighted by Crippen LogP contribution is -1.70. The van der Waals surface area contributed by atoms with Crippen molar-refractivity contribution >= 4 is 17.4 Å². The summed E-state index contributed by atoms with van der Waals surface area (Å²) in [5.41, 5.74) is 1.33. The van der Waals surface area contributed by atoms with Gasteiger partial charge in [-0.2, -0.15) is 11.3 Å². The lowest BCUT2D eigenvalue weighted by molar-refractivity contribution is 0.762. The first-order valence-corrected chi connectivity index (χ1v) is 5.36. The second-order valence-corrected chi connectivity index (χ2v) is 3.59. The van der Waals surface area contributed by atoms with Crippen LogP contribution in [0.5, 0.6) is 0 Å². The molecule has 0 unspecified atom stereocenters. The number of hydrogen-bond donors (Lipinski definition) is 0. The van der Waals surface area contributed by atoms with Gasteiger partial charge in [0.2, 0.25) is 0 Å². The van der Waals surface area contributed by atoms with E-state index in [0.717, 1.165) is 6.42 Å². The average molecular weight is 179 g/mol. The topological polar surface area (TPSA) is 0 Å². The molecule has 0 aliphatic heterocycles. The van der Waals surface area contributed by atoms with Crippen molar-refractivity contribution in [3.63, 3.8) is 0 Å². The van der Waals surface area contributed by atoms with Crippen LogP contribution in [-0.2, 0) is 0 Å². The average Bonchev–Trinajstić information content (AvgIpc) is 2.57. The van der Waals surface area contributed by atoms with Gasteiger partial charge in [-0.25, -0.2) is 0 Å². The fourth-order valence-corrected chi connectivity index (χ4v) is 1.66. The molecule has 0 aliphatic rings. The van der Waals surface area contributed by atoms with Gasteiger partial charge >= 0.3 is 0 Å². The minimum Gasteiger partial charge on any atom is -0.152 e. The number of unbranched alkanes of at least 4 members (excludes halogenated alkanes) is 3. The van der Waals surface area contributed by atoms with Gasteiger partial charge in [-0.15, -0.1) is 0 Å². The summed E-state index contributed by atoms with van der Waals surface area (Å²) in [7, 11) is 0. The Morgan fingerprint density at radius 1 is 1.42 bits per heavy atom. The SMILES string of the molecule is [CH2]CCCCC=Cc1ccsc1. The second kappa shape index (κ2) is 6.01. The van der Waals surface area contributed by atoms with Crippen LogP contribution < -0.4 is 0 Å². The highest BCUT2D eigenvalue weighted by molar-refractivity contribution is 7.08. The smallest absolute Gasteiger partial charge is 0.00209 e. The van der Waals surface area contributed by atoms with Gasteiger partial charge in [0.05, 0.1) is 0 Å². The molecule has 1 aromatic heterocycles. The molecule has 0 aliphatic carbocycles. The minimum absolute atomic E-state index is 1.06. The van der Waals surface area contributed by atoms with E-state index in [9.17, 15) is 0 Å². The van der Waals surface area contributed by atoms with Crippen molar-refractivity contribution in [1.29, 1.82) is 0 Å². The molecule has 1 aromatic rings. The van der Waals surface area contributed by atoms with Gasteiger partial charge in [0.15, 0.2) is 0 Å². The van der Waals surface area contributed by atoms with Crippen LogP contribution in [0, 0.1) is 6.92 Å². The normalized spacial score (nSPS) is 11.1. The van der Waals surface area contributed by atoms with Crippen LogP contribution in [0.4, 0.5) is 0 Å². The van der Waals surface area contributed by atoms with Gasteiger partial charge < -0.3 is 0 Å². The first-order chi connectivity index (χ1) is 5.93. The summed E-state index contributed by atoms with van der Waals surface area (Å²) in [5.74, 6) is 0. The molecule has 0 saturated carbocycles. The largest absolute Gasteiger partial charge is 0.152 e. The third kappa shape index (κ3) is 3.72. The number of hydrogen-bond acceptors (Lipinski definition) is 1. The van der Waals surface area contributed by atoms with E-state index in [0.29, 0.717) is 0 Å². The molecule has 0 N–H and O–H groups in total. The number of allylic oxidation sites excluding steroid dienone is 1. The Kier molecular flexibility index (Phi) is 4.77. The van der Waals surface area contributed by atoms with Crippen LogP contribution in [-0.4, -0.2) is 0 Å². The highest BCUT2D eigenvalue weighted by Gasteiger charge is 1.84. The molecule has 0 nitrogen and oxygen atoms in total. The zero-order chi connectivity index (χ0) is 8.65. The van der Waals surface area contributed by atoms with Gasteiger partial charge in [0.1, 0.15) is 0 Å². The van der Waals surface area contributed by atoms with Crippen molar-refractivity contribution in [3.05, 3.63) is 35.4 Å². The fraction of sp³-hybridized carbons (Fsp3) is 0.364. The van der Waals surface area contributed by atoms with Crippen molar-refractivity contribution < 1.29 is 0 Å². The summed E-state index contributed by atoms with van der Waals surface area (Å²) in [5, 5.41) is 4.27. The minimum atomic E-state index is 1.06. The molecule has 0 amide bonds. The van der Waals surface area contributed by atoms with Crippen molar-refractivity contribution in [2.45, 2.75) is 25.7 Å². The van der Waals surface area contributed by atoms with Gasteiger partial charge in [-0.05, 0) is 35.2 Å². The number of thiophene rings is 1. The molecule has 12 heavy (non-hydrogen) atoms. The predicted molar refractivity (Wildman–Crippen MR) is 57.2 cm³/mol. The zero-order valence-corrected chi connectivity index (χ0v) is 8.15. The van der Waals surface area contributed by atoms with E-state index in [1.54, 1.807) is 11.3 Å². The molecule has 0 saturated heterocycles. The maximum absolute atomic E-state index is 3.81. The third-order valence-electron chi connectivity index (χ3n) is 1.72. The van der Waals surface area contributed by atoms with E-state index < -0.39 is 0 Å². The molecule has 0 atom stereocenters. The van der Waals surface area contributed by atoms with E-state index in [1.165, 1.54) is 24.8 Å². The van der Waals surface area contributed by atoms with Crippen LogP contribution in [0.25, 0.3) is 6.08 Å². The van der Waals surface area contributed by atoms with E-state index in [4.69, 9.17) is 0 Å². The van der Waals surface area contributed by atoms with Crippen LogP contribution in [0.2, 0.25) is 0 Å². The molecule has 0 bridgehead atoms. The Morgan fingerprint density at radius 2 is 2.33 bits per heavy atom. The summed E-state index contributed by atoms with van der Waals surface area (Å²) in [6.45, 7) is 3.81. The summed E-state index contributed by atoms with van der Waals surface area (Å²) >= 11 is 1.75. The van der Waals surface area contributed by atoms with Gasteiger partial charge in [-0.1, -0.05) is 31.9 Å².